The molecule has 0 aliphatic rings. The molecule has 0 bridgehead atoms. The maximum absolute atomic E-state index is 13.1. The highest BCUT2D eigenvalue weighted by atomic mass is 79.9. The fourth-order valence-corrected chi connectivity index (χ4v) is 3.35. The highest BCUT2D eigenvalue weighted by molar-refractivity contribution is 9.10. The zero-order chi connectivity index (χ0) is 23.0. The molecule has 31 heavy (non-hydrogen) atoms. The maximum atomic E-state index is 13.1. The van der Waals surface area contributed by atoms with Crippen LogP contribution in [0.5, 0.6) is 11.5 Å². The number of methoxy groups -OCH3 is 1. The van der Waals surface area contributed by atoms with E-state index in [1.807, 2.05) is 57.2 Å². The molecule has 2 aromatic rings. The average Bonchev–Trinajstić information content (AvgIpc) is 2.77. The van der Waals surface area contributed by atoms with Crippen LogP contribution in [0.1, 0.15) is 37.0 Å². The normalized spacial score (nSPS) is 11.5. The van der Waals surface area contributed by atoms with E-state index in [-0.39, 0.29) is 18.4 Å². The maximum Gasteiger partial charge on any atom is 0.261 e. The van der Waals surface area contributed by atoms with Gasteiger partial charge in [0.25, 0.3) is 5.91 Å². The first-order valence-electron chi connectivity index (χ1n) is 10.4. The minimum atomic E-state index is -0.627. The quantitative estimate of drug-likeness (QED) is 0.535. The highest BCUT2D eigenvalue weighted by Crippen LogP contribution is 2.26. The Bertz CT molecular complexity index is 876. The number of amides is 2. The summed E-state index contributed by atoms with van der Waals surface area (Å²) in [7, 11) is 1.61. The van der Waals surface area contributed by atoms with Crippen molar-refractivity contribution in [1.82, 2.24) is 10.2 Å². The van der Waals surface area contributed by atoms with E-state index in [2.05, 4.69) is 21.2 Å². The molecule has 2 amide bonds. The van der Waals surface area contributed by atoms with E-state index in [9.17, 15) is 9.59 Å². The highest BCUT2D eigenvalue weighted by Gasteiger charge is 2.26. The van der Waals surface area contributed by atoms with Crippen molar-refractivity contribution in [3.8, 4) is 11.5 Å². The zero-order valence-electron chi connectivity index (χ0n) is 18.8. The van der Waals surface area contributed by atoms with Crippen LogP contribution in [0.4, 0.5) is 0 Å². The summed E-state index contributed by atoms with van der Waals surface area (Å²) in [4.78, 5) is 27.2. The van der Waals surface area contributed by atoms with Gasteiger partial charge in [-0.3, -0.25) is 9.59 Å². The van der Waals surface area contributed by atoms with E-state index in [0.717, 1.165) is 33.3 Å². The molecule has 0 fully saturated rings. The van der Waals surface area contributed by atoms with E-state index >= 15 is 0 Å². The van der Waals surface area contributed by atoms with E-state index in [4.69, 9.17) is 9.47 Å². The first kappa shape index (κ1) is 24.7. The molecule has 0 aliphatic heterocycles. The van der Waals surface area contributed by atoms with Crippen LogP contribution < -0.4 is 14.8 Å². The molecule has 0 saturated heterocycles. The van der Waals surface area contributed by atoms with Gasteiger partial charge in [-0.05, 0) is 68.1 Å². The van der Waals surface area contributed by atoms with Crippen molar-refractivity contribution in [3.63, 3.8) is 0 Å². The fraction of sp³-hybridized carbons (Fsp3) is 0.417. The third-order valence-electron chi connectivity index (χ3n) is 5.00. The third-order valence-corrected chi connectivity index (χ3v) is 6.25. The van der Waals surface area contributed by atoms with E-state index in [1.54, 1.807) is 18.9 Å². The van der Waals surface area contributed by atoms with E-state index in [0.29, 0.717) is 18.8 Å². The largest absolute Gasteiger partial charge is 0.497 e. The standard InChI is InChI=1S/C24H31BrN2O4/c1-6-11-26-24(29)18(4)27(14-19-7-9-20(30-5)10-8-19)22(28)15-31-21-12-16(2)23(25)17(3)13-21/h7-10,12-13,18H,6,11,14-15H2,1-5H3,(H,26,29)/t18-/m0/s1. The van der Waals surface area contributed by atoms with Crippen LogP contribution in [0, 0.1) is 13.8 Å². The number of nitrogens with zero attached hydrogens (tertiary/aromatic N) is 1. The molecule has 0 aromatic heterocycles. The number of nitrogens with one attached hydrogen (secondary N) is 1. The second-order valence-electron chi connectivity index (χ2n) is 7.50. The van der Waals surface area contributed by atoms with Crippen LogP contribution in [0.25, 0.3) is 0 Å². The summed E-state index contributed by atoms with van der Waals surface area (Å²) in [5.74, 6) is 0.922. The number of aryl methyl sites for hydroxylation is 2. The topological polar surface area (TPSA) is 67.9 Å². The summed E-state index contributed by atoms with van der Waals surface area (Å²) < 4.78 is 12.0. The molecular weight excluding hydrogens is 460 g/mol. The van der Waals surface area contributed by atoms with Crippen LogP contribution in [-0.4, -0.2) is 43.0 Å². The lowest BCUT2D eigenvalue weighted by molar-refractivity contribution is -0.142. The Hall–Kier alpha value is -2.54. The molecule has 0 saturated carbocycles. The Kier molecular flexibility index (Phi) is 9.37. The molecular formula is C24H31BrN2O4. The molecule has 0 heterocycles. The molecule has 0 radical (unpaired) electrons. The van der Waals surface area contributed by atoms with Crippen LogP contribution in [-0.2, 0) is 16.1 Å². The van der Waals surface area contributed by atoms with Gasteiger partial charge in [0.1, 0.15) is 17.5 Å². The molecule has 6 nitrogen and oxygen atoms in total. The number of ether oxygens (including phenoxy) is 2. The number of benzene rings is 2. The van der Waals surface area contributed by atoms with Crippen molar-refractivity contribution in [2.75, 3.05) is 20.3 Å². The van der Waals surface area contributed by atoms with Crippen LogP contribution >= 0.6 is 15.9 Å². The Morgan fingerprint density at radius 3 is 2.26 bits per heavy atom. The fourth-order valence-electron chi connectivity index (χ4n) is 3.12. The monoisotopic (exact) mass is 490 g/mol. The van der Waals surface area contributed by atoms with Crippen molar-refractivity contribution in [1.29, 1.82) is 0 Å². The van der Waals surface area contributed by atoms with Crippen LogP contribution in [0.3, 0.4) is 0 Å². The second kappa shape index (κ2) is 11.7. The Morgan fingerprint density at radius 1 is 1.10 bits per heavy atom. The van der Waals surface area contributed by atoms with Gasteiger partial charge in [-0.25, -0.2) is 0 Å². The molecule has 1 N–H and O–H groups in total. The summed E-state index contributed by atoms with van der Waals surface area (Å²) in [6, 6.07) is 10.6. The van der Waals surface area contributed by atoms with Gasteiger partial charge in [0.05, 0.1) is 7.11 Å². The summed E-state index contributed by atoms with van der Waals surface area (Å²) in [6.07, 6.45) is 0.830. The molecule has 168 valence electrons. The number of rotatable bonds is 10. The first-order chi connectivity index (χ1) is 14.8. The number of carbonyl (C=O) groups is 2. The molecule has 0 aliphatic carbocycles. The summed E-state index contributed by atoms with van der Waals surface area (Å²) in [6.45, 7) is 8.39. The van der Waals surface area contributed by atoms with Crippen molar-refractivity contribution in [2.45, 2.75) is 46.7 Å². The van der Waals surface area contributed by atoms with Gasteiger partial charge >= 0.3 is 0 Å². The predicted octanol–water partition coefficient (Wildman–Crippen LogP) is 4.40. The van der Waals surface area contributed by atoms with Gasteiger partial charge in [-0.2, -0.15) is 0 Å². The number of hydrogen-bond donors (Lipinski definition) is 1. The van der Waals surface area contributed by atoms with Gasteiger partial charge in [0.2, 0.25) is 5.91 Å². The first-order valence-corrected chi connectivity index (χ1v) is 11.2. The van der Waals surface area contributed by atoms with Crippen LogP contribution in [0.2, 0.25) is 0 Å². The predicted molar refractivity (Wildman–Crippen MR) is 125 cm³/mol. The second-order valence-corrected chi connectivity index (χ2v) is 8.29. The average molecular weight is 491 g/mol. The summed E-state index contributed by atoms with van der Waals surface area (Å²) in [5, 5.41) is 2.87. The molecule has 1 atom stereocenters. The summed E-state index contributed by atoms with van der Waals surface area (Å²) >= 11 is 3.54. The number of hydrogen-bond acceptors (Lipinski definition) is 4. The zero-order valence-corrected chi connectivity index (χ0v) is 20.4. The van der Waals surface area contributed by atoms with E-state index < -0.39 is 6.04 Å². The van der Waals surface area contributed by atoms with Gasteiger partial charge in [-0.15, -0.1) is 0 Å². The van der Waals surface area contributed by atoms with Crippen molar-refractivity contribution in [3.05, 3.63) is 57.6 Å². The Labute approximate surface area is 193 Å². The van der Waals surface area contributed by atoms with E-state index in [1.165, 1.54) is 0 Å². The van der Waals surface area contributed by atoms with Crippen molar-refractivity contribution >= 4 is 27.7 Å². The SMILES string of the molecule is CCCNC(=O)[C@H](C)N(Cc1ccc(OC)cc1)C(=O)COc1cc(C)c(Br)c(C)c1. The molecule has 0 spiro atoms. The Balaban J connectivity index is 2.16. The van der Waals surface area contributed by atoms with Gasteiger partial charge < -0.3 is 19.7 Å². The Morgan fingerprint density at radius 2 is 1.71 bits per heavy atom. The number of halogens is 1. The van der Waals surface area contributed by atoms with Gasteiger partial charge in [0, 0.05) is 17.6 Å². The minimum Gasteiger partial charge on any atom is -0.497 e. The number of carbonyl (C=O) groups excluding carboxylic acids is 2. The summed E-state index contributed by atoms with van der Waals surface area (Å²) in [5.41, 5.74) is 2.97. The van der Waals surface area contributed by atoms with Crippen molar-refractivity contribution in [2.24, 2.45) is 0 Å². The molecule has 7 heteroatoms. The van der Waals surface area contributed by atoms with Crippen LogP contribution in [0.15, 0.2) is 40.9 Å². The van der Waals surface area contributed by atoms with Gasteiger partial charge in [0.15, 0.2) is 6.61 Å². The lowest BCUT2D eigenvalue weighted by Crippen LogP contribution is -2.49. The molecule has 2 aromatic carbocycles. The third kappa shape index (κ3) is 6.99. The minimum absolute atomic E-state index is 0.151. The lowest BCUT2D eigenvalue weighted by atomic mass is 10.1. The van der Waals surface area contributed by atoms with Gasteiger partial charge in [-0.1, -0.05) is 35.0 Å². The molecule has 2 rings (SSSR count). The molecule has 0 unspecified atom stereocenters. The smallest absolute Gasteiger partial charge is 0.261 e. The van der Waals surface area contributed by atoms with Crippen molar-refractivity contribution < 1.29 is 19.1 Å². The lowest BCUT2D eigenvalue weighted by Gasteiger charge is -2.29.